The molecule has 2 N–H and O–H groups in total. The van der Waals surface area contributed by atoms with Crippen LogP contribution in [0.3, 0.4) is 0 Å². The Hall–Kier alpha value is -1.64. The summed E-state index contributed by atoms with van der Waals surface area (Å²) in [5, 5.41) is 12.0. The molecule has 27 heavy (non-hydrogen) atoms. The van der Waals surface area contributed by atoms with Gasteiger partial charge in [0.05, 0.1) is 10.8 Å². The van der Waals surface area contributed by atoms with Crippen molar-refractivity contribution in [2.45, 2.75) is 31.6 Å². The van der Waals surface area contributed by atoms with Crippen molar-refractivity contribution >= 4 is 51.1 Å². The number of aromatic nitrogens is 2. The first-order chi connectivity index (χ1) is 12.7. The van der Waals surface area contributed by atoms with Gasteiger partial charge in [-0.3, -0.25) is 14.9 Å². The number of carbonyl (C=O) groups is 1. The van der Waals surface area contributed by atoms with Gasteiger partial charge in [0.2, 0.25) is 5.91 Å². The molecule has 0 bridgehead atoms. The first-order valence-electron chi connectivity index (χ1n) is 8.44. The van der Waals surface area contributed by atoms with Crippen LogP contribution in [0.2, 0.25) is 5.02 Å². The minimum absolute atomic E-state index is 0.0638. The average molecular weight is 424 g/mol. The third-order valence-corrected chi connectivity index (χ3v) is 6.45. The summed E-state index contributed by atoms with van der Waals surface area (Å²) in [7, 11) is 1.82. The number of amides is 1. The second kappa shape index (κ2) is 8.16. The molecule has 0 saturated carbocycles. The van der Waals surface area contributed by atoms with Crippen LogP contribution in [0, 0.1) is 0 Å². The van der Waals surface area contributed by atoms with Gasteiger partial charge in [-0.15, -0.1) is 0 Å². The molecule has 1 unspecified atom stereocenters. The van der Waals surface area contributed by atoms with E-state index < -0.39 is 0 Å². The van der Waals surface area contributed by atoms with Gasteiger partial charge < -0.3 is 5.32 Å². The highest BCUT2D eigenvalue weighted by molar-refractivity contribution is 8.39. The van der Waals surface area contributed by atoms with Crippen molar-refractivity contribution in [1.82, 2.24) is 15.2 Å². The van der Waals surface area contributed by atoms with Crippen LogP contribution < -0.4 is 10.7 Å². The van der Waals surface area contributed by atoms with E-state index in [1.54, 1.807) is 10.9 Å². The van der Waals surface area contributed by atoms with Crippen LogP contribution in [-0.4, -0.2) is 25.8 Å². The maximum absolute atomic E-state index is 12.2. The smallest absolute Gasteiger partial charge is 0.234 e. The molecule has 1 amide bonds. The van der Waals surface area contributed by atoms with Gasteiger partial charge in [0.25, 0.3) is 0 Å². The summed E-state index contributed by atoms with van der Waals surface area (Å²) in [5.41, 5.74) is 5.88. The van der Waals surface area contributed by atoms with E-state index in [1.807, 2.05) is 31.3 Å². The predicted molar refractivity (Wildman–Crippen MR) is 115 cm³/mol. The highest BCUT2D eigenvalue weighted by atomic mass is 35.5. The van der Waals surface area contributed by atoms with Crippen LogP contribution in [-0.2, 0) is 17.3 Å². The van der Waals surface area contributed by atoms with E-state index in [1.165, 1.54) is 29.1 Å². The number of benzene rings is 1. The number of nitrogens with one attached hydrogen (secondary N) is 2. The van der Waals surface area contributed by atoms with E-state index >= 15 is 0 Å². The van der Waals surface area contributed by atoms with E-state index in [0.717, 1.165) is 15.8 Å². The van der Waals surface area contributed by atoms with Gasteiger partial charge in [-0.05, 0) is 23.1 Å². The summed E-state index contributed by atoms with van der Waals surface area (Å²) in [5.74, 6) is 0.225. The molecule has 0 spiro atoms. The Balaban J connectivity index is 1.48. The van der Waals surface area contributed by atoms with Crippen LogP contribution in [0.25, 0.3) is 0 Å². The minimum atomic E-state index is -0.130. The number of hydrogen-bond acceptors (Lipinski definition) is 6. The first kappa shape index (κ1) is 20.1. The third-order valence-electron chi connectivity index (χ3n) is 3.91. The molecule has 3 rings (SSSR count). The van der Waals surface area contributed by atoms with Crippen molar-refractivity contribution < 1.29 is 4.79 Å². The van der Waals surface area contributed by atoms with Gasteiger partial charge in [-0.2, -0.15) is 10.2 Å². The molecule has 0 aliphatic carbocycles. The fourth-order valence-corrected chi connectivity index (χ4v) is 4.71. The Morgan fingerprint density at radius 1 is 1.37 bits per heavy atom. The molecular formula is C18H22ClN5OS2. The van der Waals surface area contributed by atoms with Crippen LogP contribution >= 0.6 is 35.1 Å². The molecule has 1 atom stereocenters. The highest BCUT2D eigenvalue weighted by Crippen LogP contribution is 2.37. The van der Waals surface area contributed by atoms with Gasteiger partial charge in [0.15, 0.2) is 4.38 Å². The molecule has 1 aromatic heterocycles. The molecule has 0 saturated heterocycles. The average Bonchev–Trinajstić information content (AvgIpc) is 3.18. The second-order valence-corrected chi connectivity index (χ2v) is 9.93. The van der Waals surface area contributed by atoms with Gasteiger partial charge in [0, 0.05) is 18.9 Å². The minimum Gasteiger partial charge on any atom is -0.325 e. The Bertz CT molecular complexity index is 858. The Morgan fingerprint density at radius 2 is 2.07 bits per heavy atom. The zero-order valence-corrected chi connectivity index (χ0v) is 18.0. The molecule has 0 fully saturated rings. The number of aryl methyl sites for hydroxylation is 1. The Kier molecular flexibility index (Phi) is 6.08. The molecule has 144 valence electrons. The number of anilines is 1. The first-order valence-corrected chi connectivity index (χ1v) is 10.7. The molecule has 1 aliphatic rings. The monoisotopic (exact) mass is 423 g/mol. The molecule has 0 radical (unpaired) electrons. The van der Waals surface area contributed by atoms with Crippen LogP contribution in [0.5, 0.6) is 0 Å². The van der Waals surface area contributed by atoms with E-state index in [4.69, 9.17) is 11.6 Å². The van der Waals surface area contributed by atoms with Crippen molar-refractivity contribution in [2.75, 3.05) is 11.1 Å². The summed E-state index contributed by atoms with van der Waals surface area (Å²) in [6.45, 7) is 6.49. The second-order valence-electron chi connectivity index (χ2n) is 7.20. The molecule has 1 aliphatic heterocycles. The summed E-state index contributed by atoms with van der Waals surface area (Å²) < 4.78 is 2.46. The third kappa shape index (κ3) is 5.21. The van der Waals surface area contributed by atoms with Crippen molar-refractivity contribution in [3.05, 3.63) is 46.7 Å². The Morgan fingerprint density at radius 3 is 2.67 bits per heavy atom. The molecule has 2 heterocycles. The van der Waals surface area contributed by atoms with E-state index in [2.05, 4.69) is 41.7 Å². The number of carbonyl (C=O) groups excluding carboxylic acids is 1. The van der Waals surface area contributed by atoms with Crippen LogP contribution in [0.15, 0.2) is 35.6 Å². The SMILES string of the molecule is Cn1cc(Cl)c(C2NN=C(SCC(=O)Nc3ccc(C(C)(C)C)cc3)S2)n1. The summed E-state index contributed by atoms with van der Waals surface area (Å²) in [4.78, 5) is 12.2. The largest absolute Gasteiger partial charge is 0.325 e. The van der Waals surface area contributed by atoms with Gasteiger partial charge >= 0.3 is 0 Å². The quantitative estimate of drug-likeness (QED) is 0.764. The van der Waals surface area contributed by atoms with Gasteiger partial charge in [0.1, 0.15) is 11.1 Å². The lowest BCUT2D eigenvalue weighted by Gasteiger charge is -2.19. The van der Waals surface area contributed by atoms with Crippen molar-refractivity contribution in [3.8, 4) is 0 Å². The number of hydrazone groups is 1. The number of nitrogens with zero attached hydrogens (tertiary/aromatic N) is 3. The lowest BCUT2D eigenvalue weighted by atomic mass is 9.87. The standard InChI is InChI=1S/C18H22ClN5OS2/c1-18(2,3)11-5-7-12(8-6-11)20-14(25)10-26-17-22-21-16(27-17)15-13(19)9-24(4)23-15/h5-9,16,21H,10H2,1-4H3,(H,20,25). The molecule has 6 nitrogen and oxygen atoms in total. The predicted octanol–water partition coefficient (Wildman–Crippen LogP) is 4.35. The normalized spacial score (nSPS) is 16.8. The summed E-state index contributed by atoms with van der Waals surface area (Å²) in [6.07, 6.45) is 1.75. The van der Waals surface area contributed by atoms with E-state index in [9.17, 15) is 4.79 Å². The van der Waals surface area contributed by atoms with E-state index in [0.29, 0.717) is 5.02 Å². The maximum atomic E-state index is 12.2. The molecule has 2 aromatic rings. The summed E-state index contributed by atoms with van der Waals surface area (Å²) in [6, 6.07) is 7.97. The number of thioether (sulfide) groups is 2. The lowest BCUT2D eigenvalue weighted by molar-refractivity contribution is -0.113. The molecule has 1 aromatic carbocycles. The zero-order valence-electron chi connectivity index (χ0n) is 15.6. The van der Waals surface area contributed by atoms with Gasteiger partial charge in [-0.25, -0.2) is 0 Å². The van der Waals surface area contributed by atoms with Crippen molar-refractivity contribution in [1.29, 1.82) is 0 Å². The van der Waals surface area contributed by atoms with Crippen LogP contribution in [0.4, 0.5) is 5.69 Å². The maximum Gasteiger partial charge on any atom is 0.234 e. The van der Waals surface area contributed by atoms with Crippen molar-refractivity contribution in [2.24, 2.45) is 12.1 Å². The number of halogens is 1. The van der Waals surface area contributed by atoms with Crippen LogP contribution in [0.1, 0.15) is 37.4 Å². The van der Waals surface area contributed by atoms with E-state index in [-0.39, 0.29) is 22.4 Å². The topological polar surface area (TPSA) is 71.3 Å². The highest BCUT2D eigenvalue weighted by Gasteiger charge is 2.26. The molecule has 9 heteroatoms. The molecular weight excluding hydrogens is 402 g/mol. The number of hydrogen-bond donors (Lipinski definition) is 2. The fraction of sp³-hybridized carbons (Fsp3) is 0.389. The fourth-order valence-electron chi connectivity index (χ4n) is 2.48. The number of rotatable bonds is 4. The van der Waals surface area contributed by atoms with Gasteiger partial charge in [-0.1, -0.05) is 68.0 Å². The lowest BCUT2D eigenvalue weighted by Crippen LogP contribution is -2.15. The Labute approximate surface area is 172 Å². The summed E-state index contributed by atoms with van der Waals surface area (Å²) >= 11 is 9.07. The zero-order chi connectivity index (χ0) is 19.6. The van der Waals surface area contributed by atoms with Crippen molar-refractivity contribution in [3.63, 3.8) is 0 Å².